The van der Waals surface area contributed by atoms with Gasteiger partial charge in [0.25, 0.3) is 5.91 Å². The van der Waals surface area contributed by atoms with Gasteiger partial charge in [-0.25, -0.2) is 8.42 Å². The van der Waals surface area contributed by atoms with Crippen LogP contribution in [0, 0.1) is 5.92 Å². The third-order valence-electron chi connectivity index (χ3n) is 3.55. The van der Waals surface area contributed by atoms with Crippen LogP contribution in [0.1, 0.15) is 23.2 Å². The monoisotopic (exact) mass is 332 g/mol. The molecule has 0 spiro atoms. The molecule has 1 aromatic carbocycles. The van der Waals surface area contributed by atoms with Crippen LogP contribution >= 0.6 is 12.4 Å². The minimum atomic E-state index is -3.21. The van der Waals surface area contributed by atoms with Crippen molar-refractivity contribution in [2.24, 2.45) is 5.92 Å². The first-order valence-corrected chi connectivity index (χ1v) is 8.65. The Hall–Kier alpha value is -1.11. The number of sulfone groups is 1. The van der Waals surface area contributed by atoms with E-state index in [2.05, 4.69) is 10.6 Å². The van der Waals surface area contributed by atoms with Gasteiger partial charge >= 0.3 is 0 Å². The van der Waals surface area contributed by atoms with Crippen LogP contribution in [-0.4, -0.2) is 40.2 Å². The number of rotatable bonds is 5. The fourth-order valence-corrected chi connectivity index (χ4v) is 2.94. The van der Waals surface area contributed by atoms with Crippen LogP contribution in [0.3, 0.4) is 0 Å². The minimum Gasteiger partial charge on any atom is -0.352 e. The summed E-state index contributed by atoms with van der Waals surface area (Å²) in [5.74, 6) is 0.485. The Labute approximate surface area is 131 Å². The van der Waals surface area contributed by atoms with Crippen molar-refractivity contribution in [1.29, 1.82) is 0 Å². The van der Waals surface area contributed by atoms with Crippen molar-refractivity contribution in [2.45, 2.75) is 17.7 Å². The summed E-state index contributed by atoms with van der Waals surface area (Å²) in [6.07, 6.45) is 3.29. The third-order valence-corrected chi connectivity index (χ3v) is 4.67. The van der Waals surface area contributed by atoms with Crippen LogP contribution in [0.15, 0.2) is 29.2 Å². The number of halogens is 1. The van der Waals surface area contributed by atoms with Gasteiger partial charge in [-0.05, 0) is 56.1 Å². The Morgan fingerprint density at radius 2 is 2.00 bits per heavy atom. The smallest absolute Gasteiger partial charge is 0.251 e. The molecule has 5 nitrogen and oxygen atoms in total. The molecule has 1 aliphatic rings. The van der Waals surface area contributed by atoms with Crippen LogP contribution in [0.5, 0.6) is 0 Å². The van der Waals surface area contributed by atoms with E-state index in [0.29, 0.717) is 18.0 Å². The van der Waals surface area contributed by atoms with Crippen LogP contribution in [0.25, 0.3) is 0 Å². The maximum atomic E-state index is 11.9. The molecule has 1 unspecified atom stereocenters. The van der Waals surface area contributed by atoms with Crippen molar-refractivity contribution in [3.05, 3.63) is 29.8 Å². The summed E-state index contributed by atoms with van der Waals surface area (Å²) in [5.41, 5.74) is 0.488. The van der Waals surface area contributed by atoms with E-state index in [9.17, 15) is 13.2 Å². The fraction of sp³-hybridized carbons (Fsp3) is 0.500. The summed E-state index contributed by atoms with van der Waals surface area (Å²) in [7, 11) is -3.21. The first kappa shape index (κ1) is 17.9. The zero-order valence-electron chi connectivity index (χ0n) is 12.0. The Morgan fingerprint density at radius 3 is 2.52 bits per heavy atom. The van der Waals surface area contributed by atoms with Crippen LogP contribution in [-0.2, 0) is 9.84 Å². The molecule has 21 heavy (non-hydrogen) atoms. The lowest BCUT2D eigenvalue weighted by atomic mass is 10.1. The summed E-state index contributed by atoms with van der Waals surface area (Å²) in [6.45, 7) is 2.74. The fourth-order valence-electron chi connectivity index (χ4n) is 2.31. The van der Waals surface area contributed by atoms with Gasteiger partial charge in [-0.3, -0.25) is 4.79 Å². The van der Waals surface area contributed by atoms with Gasteiger partial charge in [0.05, 0.1) is 4.90 Å². The van der Waals surface area contributed by atoms with Gasteiger partial charge in [-0.2, -0.15) is 0 Å². The second kappa shape index (κ2) is 7.77. The average molecular weight is 333 g/mol. The molecule has 1 atom stereocenters. The first-order valence-electron chi connectivity index (χ1n) is 6.76. The van der Waals surface area contributed by atoms with E-state index in [0.717, 1.165) is 25.8 Å². The molecule has 118 valence electrons. The average Bonchev–Trinajstić information content (AvgIpc) is 2.91. The van der Waals surface area contributed by atoms with E-state index >= 15 is 0 Å². The van der Waals surface area contributed by atoms with Crippen molar-refractivity contribution in [2.75, 3.05) is 25.9 Å². The Morgan fingerprint density at radius 1 is 1.33 bits per heavy atom. The lowest BCUT2D eigenvalue weighted by Crippen LogP contribution is -2.26. The Balaban J connectivity index is 0.00000220. The van der Waals surface area contributed by atoms with E-state index in [1.807, 2.05) is 0 Å². The van der Waals surface area contributed by atoms with Gasteiger partial charge in [-0.15, -0.1) is 12.4 Å². The molecule has 2 N–H and O–H groups in total. The molecule has 7 heteroatoms. The molecule has 0 aliphatic carbocycles. The van der Waals surface area contributed by atoms with Crippen molar-refractivity contribution >= 4 is 28.2 Å². The molecular formula is C14H21ClN2O3S. The van der Waals surface area contributed by atoms with E-state index < -0.39 is 9.84 Å². The molecule has 0 aromatic heterocycles. The van der Waals surface area contributed by atoms with E-state index in [1.54, 1.807) is 12.1 Å². The predicted octanol–water partition coefficient (Wildman–Crippen LogP) is 1.24. The molecule has 0 saturated carbocycles. The number of hydrogen-bond donors (Lipinski definition) is 2. The summed E-state index contributed by atoms with van der Waals surface area (Å²) in [5, 5.41) is 6.16. The van der Waals surface area contributed by atoms with Crippen molar-refractivity contribution in [3.63, 3.8) is 0 Å². The molecule has 2 rings (SSSR count). The number of hydrogen-bond acceptors (Lipinski definition) is 4. The van der Waals surface area contributed by atoms with Crippen molar-refractivity contribution < 1.29 is 13.2 Å². The molecule has 0 radical (unpaired) electrons. The highest BCUT2D eigenvalue weighted by molar-refractivity contribution is 7.90. The Kier molecular flexibility index (Phi) is 6.64. The molecule has 1 saturated heterocycles. The molecular weight excluding hydrogens is 312 g/mol. The van der Waals surface area contributed by atoms with Gasteiger partial charge in [0, 0.05) is 18.4 Å². The second-order valence-electron chi connectivity index (χ2n) is 5.20. The highest BCUT2D eigenvalue weighted by atomic mass is 35.5. The molecule has 1 heterocycles. The zero-order valence-corrected chi connectivity index (χ0v) is 13.6. The van der Waals surface area contributed by atoms with E-state index in [1.165, 1.54) is 18.6 Å². The van der Waals surface area contributed by atoms with E-state index in [-0.39, 0.29) is 23.2 Å². The van der Waals surface area contributed by atoms with Crippen LogP contribution in [0.2, 0.25) is 0 Å². The number of carbonyl (C=O) groups excluding carboxylic acids is 1. The van der Waals surface area contributed by atoms with E-state index in [4.69, 9.17) is 0 Å². The van der Waals surface area contributed by atoms with Gasteiger partial charge in [0.1, 0.15) is 0 Å². The third kappa shape index (κ3) is 5.30. The Bertz CT molecular complexity index is 566. The second-order valence-corrected chi connectivity index (χ2v) is 7.22. The molecule has 1 aliphatic heterocycles. The first-order chi connectivity index (χ1) is 9.47. The van der Waals surface area contributed by atoms with Gasteiger partial charge in [0.2, 0.25) is 0 Å². The van der Waals surface area contributed by atoms with Gasteiger partial charge < -0.3 is 10.6 Å². The number of benzene rings is 1. The molecule has 1 aromatic rings. The quantitative estimate of drug-likeness (QED) is 0.850. The standard InChI is InChI=1S/C14H20N2O3S.ClH/c1-20(18,19)13-4-2-12(3-5-13)14(17)16-9-7-11-6-8-15-10-11;/h2-5,11,15H,6-10H2,1H3,(H,16,17);1H. The van der Waals surface area contributed by atoms with Crippen LogP contribution in [0.4, 0.5) is 0 Å². The number of carbonyl (C=O) groups is 1. The SMILES string of the molecule is CS(=O)(=O)c1ccc(C(=O)NCCC2CCNC2)cc1.Cl. The number of nitrogens with one attached hydrogen (secondary N) is 2. The minimum absolute atomic E-state index is 0. The molecule has 0 bridgehead atoms. The van der Waals surface area contributed by atoms with Crippen molar-refractivity contribution in [1.82, 2.24) is 10.6 Å². The highest BCUT2D eigenvalue weighted by Crippen LogP contribution is 2.12. The van der Waals surface area contributed by atoms with Gasteiger partial charge in [0.15, 0.2) is 9.84 Å². The summed E-state index contributed by atoms with van der Waals surface area (Å²) < 4.78 is 22.7. The molecule has 1 amide bonds. The number of amides is 1. The maximum Gasteiger partial charge on any atom is 0.251 e. The molecule has 1 fully saturated rings. The normalized spacial score (nSPS) is 18.0. The lowest BCUT2D eigenvalue weighted by Gasteiger charge is -2.09. The topological polar surface area (TPSA) is 75.3 Å². The van der Waals surface area contributed by atoms with Crippen LogP contribution < -0.4 is 10.6 Å². The predicted molar refractivity (Wildman–Crippen MR) is 84.7 cm³/mol. The largest absolute Gasteiger partial charge is 0.352 e. The highest BCUT2D eigenvalue weighted by Gasteiger charge is 2.14. The van der Waals surface area contributed by atoms with Crippen molar-refractivity contribution in [3.8, 4) is 0 Å². The zero-order chi connectivity index (χ0) is 14.6. The summed E-state index contributed by atoms with van der Waals surface area (Å²) in [4.78, 5) is 12.1. The lowest BCUT2D eigenvalue weighted by molar-refractivity contribution is 0.0951. The summed E-state index contributed by atoms with van der Waals surface area (Å²) >= 11 is 0. The van der Waals surface area contributed by atoms with Gasteiger partial charge in [-0.1, -0.05) is 0 Å². The summed E-state index contributed by atoms with van der Waals surface area (Å²) in [6, 6.07) is 6.02. The maximum absolute atomic E-state index is 11.9.